The van der Waals surface area contributed by atoms with Crippen molar-refractivity contribution in [3.63, 3.8) is 0 Å². The third-order valence-electron chi connectivity index (χ3n) is 5.58. The van der Waals surface area contributed by atoms with E-state index < -0.39 is 0 Å². The maximum atomic E-state index is 13.5. The Labute approximate surface area is 171 Å². The van der Waals surface area contributed by atoms with E-state index in [1.54, 1.807) is 12.1 Å². The molecule has 3 nitrogen and oxygen atoms in total. The lowest BCUT2D eigenvalue weighted by atomic mass is 9.96. The third-order valence-corrected chi connectivity index (χ3v) is 5.58. The van der Waals surface area contributed by atoms with Gasteiger partial charge in [0.05, 0.1) is 22.1 Å². The van der Waals surface area contributed by atoms with Crippen LogP contribution in [-0.2, 0) is 0 Å². The fourth-order valence-corrected chi connectivity index (χ4v) is 4.14. The zero-order valence-corrected chi connectivity index (χ0v) is 15.8. The molecule has 0 spiro atoms. The van der Waals surface area contributed by atoms with Crippen molar-refractivity contribution >= 4 is 43.6 Å². The second-order valence-corrected chi connectivity index (χ2v) is 7.38. The van der Waals surface area contributed by atoms with E-state index in [1.165, 1.54) is 12.1 Å². The summed E-state index contributed by atoms with van der Waals surface area (Å²) >= 11 is 0. The number of hydrogen-bond acceptors (Lipinski definition) is 3. The smallest absolute Gasteiger partial charge is 0.133 e. The Balaban J connectivity index is 1.82. The van der Waals surface area contributed by atoms with E-state index in [9.17, 15) is 9.50 Å². The maximum absolute atomic E-state index is 13.5. The maximum Gasteiger partial charge on any atom is 0.133 e. The summed E-state index contributed by atoms with van der Waals surface area (Å²) in [5, 5.41) is 14.9. The molecule has 1 aromatic heterocycles. The molecule has 30 heavy (non-hydrogen) atoms. The van der Waals surface area contributed by atoms with Gasteiger partial charge in [-0.15, -0.1) is 0 Å². The molecular formula is C26H15FN2O. The predicted octanol–water partition coefficient (Wildman–Crippen LogP) is 6.60. The van der Waals surface area contributed by atoms with Crippen LogP contribution < -0.4 is 0 Å². The van der Waals surface area contributed by atoms with Crippen molar-refractivity contribution < 1.29 is 9.50 Å². The van der Waals surface area contributed by atoms with Crippen LogP contribution >= 0.6 is 0 Å². The third kappa shape index (κ3) is 2.44. The number of phenolic OH excluding ortho intramolecular Hbond substituents is 1. The van der Waals surface area contributed by atoms with Gasteiger partial charge in [0.1, 0.15) is 17.1 Å². The van der Waals surface area contributed by atoms with Crippen LogP contribution in [0, 0.1) is 5.82 Å². The Morgan fingerprint density at radius 2 is 1.20 bits per heavy atom. The van der Waals surface area contributed by atoms with Crippen LogP contribution in [0.25, 0.3) is 54.7 Å². The van der Waals surface area contributed by atoms with Gasteiger partial charge in [-0.05, 0) is 40.6 Å². The molecule has 0 aliphatic carbocycles. The van der Waals surface area contributed by atoms with Gasteiger partial charge in [-0.25, -0.2) is 14.4 Å². The first-order valence-corrected chi connectivity index (χ1v) is 9.69. The van der Waals surface area contributed by atoms with Crippen molar-refractivity contribution in [2.45, 2.75) is 0 Å². The molecular weight excluding hydrogens is 375 g/mol. The average Bonchev–Trinajstić information content (AvgIpc) is 2.78. The second-order valence-electron chi connectivity index (χ2n) is 7.38. The van der Waals surface area contributed by atoms with Crippen LogP contribution in [0.15, 0.2) is 84.9 Å². The number of nitrogens with zero attached hydrogens (tertiary/aromatic N) is 2. The molecule has 0 fully saturated rings. The number of aromatic nitrogens is 2. The summed E-state index contributed by atoms with van der Waals surface area (Å²) in [6.45, 7) is 0. The van der Waals surface area contributed by atoms with Gasteiger partial charge < -0.3 is 5.11 Å². The number of aromatic hydroxyl groups is 1. The highest BCUT2D eigenvalue weighted by atomic mass is 19.1. The molecule has 6 rings (SSSR count). The lowest BCUT2D eigenvalue weighted by molar-refractivity contribution is 0.484. The number of benzene rings is 5. The summed E-state index contributed by atoms with van der Waals surface area (Å²) in [6, 6.07) is 25.8. The van der Waals surface area contributed by atoms with Gasteiger partial charge in [0.25, 0.3) is 0 Å². The summed E-state index contributed by atoms with van der Waals surface area (Å²) in [4.78, 5) is 9.87. The number of halogens is 1. The SMILES string of the molecule is Oc1c(-c2ccc(F)cc2)c2nc3cc4ccccc4cc3nc2c2ccccc12. The minimum atomic E-state index is -0.327. The summed E-state index contributed by atoms with van der Waals surface area (Å²) in [6.07, 6.45) is 0. The van der Waals surface area contributed by atoms with Gasteiger partial charge in [0, 0.05) is 10.8 Å². The van der Waals surface area contributed by atoms with Crippen molar-refractivity contribution in [3.05, 3.63) is 90.7 Å². The Bertz CT molecular complexity index is 1610. The van der Waals surface area contributed by atoms with Crippen LogP contribution in [0.5, 0.6) is 5.75 Å². The van der Waals surface area contributed by atoms with Crippen molar-refractivity contribution in [1.29, 1.82) is 0 Å². The molecule has 0 aliphatic rings. The fraction of sp³-hybridized carbons (Fsp3) is 0. The van der Waals surface area contributed by atoms with Crippen LogP contribution in [0.2, 0.25) is 0 Å². The monoisotopic (exact) mass is 390 g/mol. The standard InChI is InChI=1S/C26H15FN2O/c27-18-11-9-15(10-12-18)23-25-24(19-7-3-4-8-20(19)26(23)30)28-21-13-16-5-1-2-6-17(16)14-22(21)29-25/h1-14,30H. The van der Waals surface area contributed by atoms with Crippen LogP contribution in [0.3, 0.4) is 0 Å². The molecule has 5 aromatic carbocycles. The van der Waals surface area contributed by atoms with E-state index in [0.717, 1.165) is 27.2 Å². The first kappa shape index (κ1) is 16.9. The molecule has 6 aromatic rings. The number of hydrogen-bond donors (Lipinski definition) is 1. The largest absolute Gasteiger partial charge is 0.507 e. The Morgan fingerprint density at radius 3 is 1.87 bits per heavy atom. The highest BCUT2D eigenvalue weighted by molar-refractivity contribution is 6.16. The van der Waals surface area contributed by atoms with Crippen molar-refractivity contribution in [2.24, 2.45) is 0 Å². The minimum Gasteiger partial charge on any atom is -0.507 e. The molecule has 142 valence electrons. The van der Waals surface area contributed by atoms with E-state index in [0.29, 0.717) is 27.5 Å². The molecule has 0 radical (unpaired) electrons. The quantitative estimate of drug-likeness (QED) is 0.254. The first-order valence-electron chi connectivity index (χ1n) is 9.69. The van der Waals surface area contributed by atoms with E-state index in [2.05, 4.69) is 6.07 Å². The molecule has 0 amide bonds. The van der Waals surface area contributed by atoms with E-state index in [4.69, 9.17) is 9.97 Å². The van der Waals surface area contributed by atoms with Gasteiger partial charge in [-0.3, -0.25) is 0 Å². The van der Waals surface area contributed by atoms with Crippen molar-refractivity contribution in [1.82, 2.24) is 9.97 Å². The van der Waals surface area contributed by atoms with Crippen LogP contribution in [0.1, 0.15) is 0 Å². The van der Waals surface area contributed by atoms with E-state index in [1.807, 2.05) is 54.6 Å². The first-order chi connectivity index (χ1) is 14.7. The predicted molar refractivity (Wildman–Crippen MR) is 119 cm³/mol. The van der Waals surface area contributed by atoms with Gasteiger partial charge >= 0.3 is 0 Å². The normalized spacial score (nSPS) is 11.6. The lowest BCUT2D eigenvalue weighted by Crippen LogP contribution is -1.94. The number of fused-ring (bicyclic) bond motifs is 5. The summed E-state index contributed by atoms with van der Waals surface area (Å²) in [5.41, 5.74) is 4.11. The van der Waals surface area contributed by atoms with Gasteiger partial charge in [0.2, 0.25) is 0 Å². The molecule has 0 bridgehead atoms. The van der Waals surface area contributed by atoms with Crippen LogP contribution in [0.4, 0.5) is 4.39 Å². The molecule has 1 heterocycles. The Morgan fingerprint density at radius 1 is 0.633 bits per heavy atom. The van der Waals surface area contributed by atoms with E-state index >= 15 is 0 Å². The zero-order chi connectivity index (χ0) is 20.2. The average molecular weight is 390 g/mol. The van der Waals surface area contributed by atoms with Crippen molar-refractivity contribution in [2.75, 3.05) is 0 Å². The lowest BCUT2D eigenvalue weighted by Gasteiger charge is -2.14. The molecule has 0 unspecified atom stereocenters. The molecule has 0 saturated heterocycles. The second kappa shape index (κ2) is 6.22. The Kier molecular flexibility index (Phi) is 3.50. The minimum absolute atomic E-state index is 0.124. The van der Waals surface area contributed by atoms with E-state index in [-0.39, 0.29) is 11.6 Å². The topological polar surface area (TPSA) is 46.0 Å². The van der Waals surface area contributed by atoms with Crippen molar-refractivity contribution in [3.8, 4) is 16.9 Å². The highest BCUT2D eigenvalue weighted by Crippen LogP contribution is 2.42. The van der Waals surface area contributed by atoms with Gasteiger partial charge in [0.15, 0.2) is 0 Å². The number of phenols is 1. The molecule has 0 atom stereocenters. The summed E-state index contributed by atoms with van der Waals surface area (Å²) < 4.78 is 13.5. The highest BCUT2D eigenvalue weighted by Gasteiger charge is 2.18. The molecule has 1 N–H and O–H groups in total. The molecule has 4 heteroatoms. The van der Waals surface area contributed by atoms with Crippen LogP contribution in [-0.4, -0.2) is 15.1 Å². The summed E-state index contributed by atoms with van der Waals surface area (Å²) in [5.74, 6) is -0.203. The van der Waals surface area contributed by atoms with Gasteiger partial charge in [-0.2, -0.15) is 0 Å². The number of rotatable bonds is 1. The zero-order valence-electron chi connectivity index (χ0n) is 15.8. The fourth-order valence-electron chi connectivity index (χ4n) is 4.14. The van der Waals surface area contributed by atoms with Gasteiger partial charge in [-0.1, -0.05) is 60.7 Å². The molecule has 0 aliphatic heterocycles. The molecule has 0 saturated carbocycles. The Hall–Kier alpha value is -4.05. The summed E-state index contributed by atoms with van der Waals surface area (Å²) in [7, 11) is 0.